The second-order valence-electron chi connectivity index (χ2n) is 3.13. The first-order chi connectivity index (χ1) is 7.58. The van der Waals surface area contributed by atoms with Crippen LogP contribution in [-0.4, -0.2) is 13.7 Å². The van der Waals surface area contributed by atoms with Crippen molar-refractivity contribution in [3.8, 4) is 11.3 Å². The molecule has 0 amide bonds. The van der Waals surface area contributed by atoms with Gasteiger partial charge in [0, 0.05) is 15.3 Å². The second-order valence-corrected chi connectivity index (χ2v) is 5.86. The predicted octanol–water partition coefficient (Wildman–Crippen LogP) is 3.01. The molecule has 3 nitrogen and oxygen atoms in total. The van der Waals surface area contributed by atoms with Gasteiger partial charge in [-0.05, 0) is 30.1 Å². The largest absolute Gasteiger partial charge is 0.768 e. The van der Waals surface area contributed by atoms with Crippen molar-refractivity contribution in [3.05, 3.63) is 33.6 Å². The molecule has 0 bridgehead atoms. The first-order valence-corrected chi connectivity index (χ1v) is 6.67. The van der Waals surface area contributed by atoms with Crippen LogP contribution in [0.15, 0.2) is 29.2 Å². The van der Waals surface area contributed by atoms with E-state index in [4.69, 9.17) is 11.6 Å². The van der Waals surface area contributed by atoms with Crippen LogP contribution in [0.5, 0.6) is 0 Å². The second kappa shape index (κ2) is 4.63. The number of aromatic nitrogens is 1. The minimum absolute atomic E-state index is 0.266. The van der Waals surface area contributed by atoms with Crippen LogP contribution in [0.2, 0.25) is 4.47 Å². The lowest BCUT2D eigenvalue weighted by molar-refractivity contribution is 0.537. The molecule has 1 aromatic carbocycles. The Morgan fingerprint density at radius 2 is 2.00 bits per heavy atom. The Morgan fingerprint density at radius 3 is 2.44 bits per heavy atom. The molecule has 6 heteroatoms. The molecule has 0 aliphatic rings. The average Bonchev–Trinajstić information content (AvgIpc) is 2.58. The Balaban J connectivity index is 2.42. The molecule has 1 aromatic heterocycles. The fourth-order valence-electron chi connectivity index (χ4n) is 1.36. The van der Waals surface area contributed by atoms with Gasteiger partial charge in [-0.15, -0.1) is 11.3 Å². The lowest BCUT2D eigenvalue weighted by Gasteiger charge is -2.05. The summed E-state index contributed by atoms with van der Waals surface area (Å²) in [6.45, 7) is 1.93. The van der Waals surface area contributed by atoms with E-state index in [9.17, 15) is 8.76 Å². The van der Waals surface area contributed by atoms with Gasteiger partial charge in [-0.1, -0.05) is 23.7 Å². The van der Waals surface area contributed by atoms with E-state index in [-0.39, 0.29) is 4.90 Å². The molecule has 2 aromatic rings. The molecule has 0 spiro atoms. The number of benzene rings is 1. The molecule has 0 radical (unpaired) electrons. The SMILES string of the molecule is Cc1sc(Cl)nc1-c1ccc(S(=O)[O-])cc1. The van der Waals surface area contributed by atoms with Crippen LogP contribution in [0.3, 0.4) is 0 Å². The quantitative estimate of drug-likeness (QED) is 0.790. The van der Waals surface area contributed by atoms with E-state index in [0.29, 0.717) is 4.47 Å². The highest BCUT2D eigenvalue weighted by atomic mass is 35.5. The number of rotatable bonds is 2. The molecule has 16 heavy (non-hydrogen) atoms. The lowest BCUT2D eigenvalue weighted by atomic mass is 10.1. The van der Waals surface area contributed by atoms with E-state index in [1.165, 1.54) is 11.3 Å². The minimum atomic E-state index is -2.19. The van der Waals surface area contributed by atoms with Crippen molar-refractivity contribution in [2.24, 2.45) is 0 Å². The Kier molecular flexibility index (Phi) is 3.39. The van der Waals surface area contributed by atoms with Gasteiger partial charge in [-0.25, -0.2) is 4.98 Å². The lowest BCUT2D eigenvalue weighted by Crippen LogP contribution is -1.88. The van der Waals surface area contributed by atoms with E-state index in [0.717, 1.165) is 16.1 Å². The molecular formula is C10H7ClNO2S2-. The third-order valence-corrected chi connectivity index (χ3v) is 3.82. The van der Waals surface area contributed by atoms with E-state index in [1.54, 1.807) is 24.3 Å². The van der Waals surface area contributed by atoms with Gasteiger partial charge in [0.15, 0.2) is 4.47 Å². The first-order valence-electron chi connectivity index (χ1n) is 4.40. The molecule has 84 valence electrons. The smallest absolute Gasteiger partial charge is 0.184 e. The van der Waals surface area contributed by atoms with Gasteiger partial charge in [-0.2, -0.15) is 0 Å². The Hall–Kier alpha value is -0.750. The molecule has 0 aliphatic heterocycles. The summed E-state index contributed by atoms with van der Waals surface area (Å²) in [5.41, 5.74) is 1.67. The average molecular weight is 273 g/mol. The third-order valence-electron chi connectivity index (χ3n) is 2.09. The summed E-state index contributed by atoms with van der Waals surface area (Å²) in [5, 5.41) is 0. The number of thiazole rings is 1. The fraction of sp³-hybridized carbons (Fsp3) is 0.100. The van der Waals surface area contributed by atoms with Gasteiger partial charge in [0.05, 0.1) is 5.69 Å². The van der Waals surface area contributed by atoms with Crippen LogP contribution in [0, 0.1) is 6.92 Å². The first kappa shape index (κ1) is 11.7. The minimum Gasteiger partial charge on any atom is -0.768 e. The van der Waals surface area contributed by atoms with Crippen molar-refractivity contribution in [1.29, 1.82) is 0 Å². The van der Waals surface area contributed by atoms with E-state index in [1.807, 2.05) is 6.92 Å². The van der Waals surface area contributed by atoms with Gasteiger partial charge in [0.25, 0.3) is 0 Å². The summed E-state index contributed by atoms with van der Waals surface area (Å²) in [6.07, 6.45) is 0. The predicted molar refractivity (Wildman–Crippen MR) is 64.5 cm³/mol. The van der Waals surface area contributed by atoms with Crippen molar-refractivity contribution >= 4 is 34.0 Å². The molecule has 0 N–H and O–H groups in total. The standard InChI is InChI=1S/C10H8ClNO2S2/c1-6-9(12-10(11)15-6)7-2-4-8(5-3-7)16(13)14/h2-5H,1H3,(H,13,14)/p-1. The summed E-state index contributed by atoms with van der Waals surface area (Å²) in [4.78, 5) is 5.47. The van der Waals surface area contributed by atoms with Gasteiger partial charge >= 0.3 is 0 Å². The summed E-state index contributed by atoms with van der Waals surface area (Å²) in [7, 11) is 0. The van der Waals surface area contributed by atoms with Crippen molar-refractivity contribution in [3.63, 3.8) is 0 Å². The zero-order chi connectivity index (χ0) is 11.7. The molecule has 0 saturated heterocycles. The maximum absolute atomic E-state index is 10.7. The maximum atomic E-state index is 10.7. The van der Waals surface area contributed by atoms with Gasteiger partial charge < -0.3 is 4.55 Å². The van der Waals surface area contributed by atoms with Gasteiger partial charge in [0.1, 0.15) is 0 Å². The third kappa shape index (κ3) is 2.32. The summed E-state index contributed by atoms with van der Waals surface area (Å²) in [5.74, 6) is 0. The van der Waals surface area contributed by atoms with E-state index in [2.05, 4.69) is 4.98 Å². The summed E-state index contributed by atoms with van der Waals surface area (Å²) in [6, 6.07) is 6.54. The molecule has 2 rings (SSSR count). The van der Waals surface area contributed by atoms with Gasteiger partial charge in [0.2, 0.25) is 0 Å². The molecule has 0 aliphatic carbocycles. The van der Waals surface area contributed by atoms with Crippen molar-refractivity contribution in [1.82, 2.24) is 4.98 Å². The van der Waals surface area contributed by atoms with E-state index < -0.39 is 11.1 Å². The summed E-state index contributed by atoms with van der Waals surface area (Å²) < 4.78 is 21.9. The Morgan fingerprint density at radius 1 is 1.38 bits per heavy atom. The van der Waals surface area contributed by atoms with Gasteiger partial charge in [-0.3, -0.25) is 4.21 Å². The Labute approximate surface area is 104 Å². The molecule has 1 unspecified atom stereocenters. The van der Waals surface area contributed by atoms with Crippen molar-refractivity contribution in [2.45, 2.75) is 11.8 Å². The number of nitrogens with zero attached hydrogens (tertiary/aromatic N) is 1. The molecule has 1 atom stereocenters. The van der Waals surface area contributed by atoms with Crippen LogP contribution in [-0.2, 0) is 11.1 Å². The zero-order valence-electron chi connectivity index (χ0n) is 8.27. The normalized spacial score (nSPS) is 12.7. The molecular weight excluding hydrogens is 266 g/mol. The number of aryl methyl sites for hydroxylation is 1. The number of hydrogen-bond acceptors (Lipinski definition) is 4. The highest BCUT2D eigenvalue weighted by molar-refractivity contribution is 7.79. The van der Waals surface area contributed by atoms with Crippen LogP contribution in [0.1, 0.15) is 4.88 Å². The number of halogens is 1. The van der Waals surface area contributed by atoms with Crippen molar-refractivity contribution in [2.75, 3.05) is 0 Å². The highest BCUT2D eigenvalue weighted by Crippen LogP contribution is 2.30. The summed E-state index contributed by atoms with van der Waals surface area (Å²) >= 11 is 5.03. The zero-order valence-corrected chi connectivity index (χ0v) is 10.7. The van der Waals surface area contributed by atoms with Crippen LogP contribution < -0.4 is 0 Å². The topological polar surface area (TPSA) is 53.0 Å². The van der Waals surface area contributed by atoms with Crippen LogP contribution >= 0.6 is 22.9 Å². The van der Waals surface area contributed by atoms with Crippen LogP contribution in [0.4, 0.5) is 0 Å². The molecule has 1 heterocycles. The maximum Gasteiger partial charge on any atom is 0.184 e. The molecule has 0 saturated carbocycles. The van der Waals surface area contributed by atoms with E-state index >= 15 is 0 Å². The number of hydrogen-bond donors (Lipinski definition) is 0. The Bertz CT molecular complexity index is 536. The van der Waals surface area contributed by atoms with Crippen molar-refractivity contribution < 1.29 is 8.76 Å². The van der Waals surface area contributed by atoms with Crippen LogP contribution in [0.25, 0.3) is 11.3 Å². The highest BCUT2D eigenvalue weighted by Gasteiger charge is 2.08. The fourth-order valence-corrected chi connectivity index (χ4v) is 2.80. The molecule has 0 fully saturated rings. The monoisotopic (exact) mass is 272 g/mol.